The molecule has 29 heavy (non-hydrogen) atoms. The van der Waals surface area contributed by atoms with Gasteiger partial charge in [-0.1, -0.05) is 90.4 Å². The van der Waals surface area contributed by atoms with Crippen molar-refractivity contribution >= 4 is 11.8 Å². The molecule has 0 heterocycles. The highest BCUT2D eigenvalue weighted by atomic mass is 79.9. The Morgan fingerprint density at radius 3 is 1.66 bits per heavy atom. The number of rotatable bonds is 22. The first-order valence-electron chi connectivity index (χ1n) is 12.1. The molecule has 0 radical (unpaired) electrons. The number of ether oxygens (including phenoxy) is 1. The number of hydrogen-bond acceptors (Lipinski definition) is 3. The van der Waals surface area contributed by atoms with Crippen molar-refractivity contribution in [2.24, 2.45) is 0 Å². The highest BCUT2D eigenvalue weighted by Gasteiger charge is 2.21. The van der Waals surface area contributed by atoms with Crippen LogP contribution in [0.2, 0.25) is 0 Å². The summed E-state index contributed by atoms with van der Waals surface area (Å²) in [5, 5.41) is 9.15. The van der Waals surface area contributed by atoms with E-state index in [1.807, 2.05) is 18.9 Å². The molecule has 1 atom stereocenters. The van der Waals surface area contributed by atoms with Crippen LogP contribution in [0, 0.1) is 0 Å². The van der Waals surface area contributed by atoms with Crippen molar-refractivity contribution in [3.05, 3.63) is 0 Å². The number of methoxy groups -OCH3 is 1. The Hall–Kier alpha value is 0.710. The lowest BCUT2D eigenvalue weighted by molar-refractivity contribution is -0.893. The third-order valence-corrected chi connectivity index (χ3v) is 6.87. The molecule has 0 amide bonds. The second kappa shape index (κ2) is 23.4. The number of thioether (sulfide) groups is 1. The Morgan fingerprint density at radius 1 is 0.793 bits per heavy atom. The zero-order chi connectivity index (χ0) is 20.9. The van der Waals surface area contributed by atoms with Gasteiger partial charge in [-0.2, -0.15) is 11.8 Å². The average Bonchev–Trinajstić information content (AvgIpc) is 2.66. The minimum absolute atomic E-state index is 0. The van der Waals surface area contributed by atoms with Crippen molar-refractivity contribution in [3.63, 3.8) is 0 Å². The summed E-state index contributed by atoms with van der Waals surface area (Å²) in [6.45, 7) is 4.31. The van der Waals surface area contributed by atoms with Gasteiger partial charge in [0.1, 0.15) is 19.2 Å². The molecule has 0 aliphatic rings. The Labute approximate surface area is 198 Å². The second-order valence-corrected chi connectivity index (χ2v) is 10.2. The summed E-state index contributed by atoms with van der Waals surface area (Å²) in [4.78, 5) is 0. The maximum Gasteiger partial charge on any atom is 0.115 e. The topological polar surface area (TPSA) is 29.5 Å². The van der Waals surface area contributed by atoms with Gasteiger partial charge in [0.05, 0.1) is 20.7 Å². The molecule has 0 fully saturated rings. The number of unbranched alkanes of at least 4 members (excludes halogenated alkanes) is 13. The van der Waals surface area contributed by atoms with Gasteiger partial charge in [0.2, 0.25) is 0 Å². The summed E-state index contributed by atoms with van der Waals surface area (Å²) in [6, 6.07) is 0. The number of aliphatic hydroxyl groups excluding tert-OH is 1. The normalized spacial score (nSPS) is 12.7. The molecule has 0 bridgehead atoms. The number of hydrogen-bond donors (Lipinski definition) is 1. The Kier molecular flexibility index (Phi) is 25.7. The van der Waals surface area contributed by atoms with E-state index < -0.39 is 0 Å². The van der Waals surface area contributed by atoms with Gasteiger partial charge in [-0.3, -0.25) is 0 Å². The van der Waals surface area contributed by atoms with E-state index in [4.69, 9.17) is 9.84 Å². The summed E-state index contributed by atoms with van der Waals surface area (Å²) >= 11 is 2.03. The lowest BCUT2D eigenvalue weighted by Gasteiger charge is -2.32. The van der Waals surface area contributed by atoms with E-state index in [0.717, 1.165) is 23.3 Å². The van der Waals surface area contributed by atoms with Crippen LogP contribution in [0.3, 0.4) is 0 Å². The molecule has 0 saturated carbocycles. The van der Waals surface area contributed by atoms with Crippen LogP contribution in [0.25, 0.3) is 0 Å². The number of likely N-dealkylation sites (N-methyl/N-ethyl adjacent to an activating group) is 1. The molecule has 5 heteroatoms. The third-order valence-electron chi connectivity index (χ3n) is 5.68. The molecule has 1 N–H and O–H groups in total. The van der Waals surface area contributed by atoms with Crippen molar-refractivity contribution in [2.75, 3.05) is 52.4 Å². The van der Waals surface area contributed by atoms with E-state index in [9.17, 15) is 0 Å². The summed E-state index contributed by atoms with van der Waals surface area (Å²) < 4.78 is 6.47. The molecular formula is C24H52BrNO2S. The van der Waals surface area contributed by atoms with Crippen LogP contribution in [0.5, 0.6) is 0 Å². The molecule has 0 spiro atoms. The molecule has 0 aliphatic carbocycles. The second-order valence-electron chi connectivity index (χ2n) is 9.09. The van der Waals surface area contributed by atoms with E-state index in [1.165, 1.54) is 95.6 Å². The molecule has 1 unspecified atom stereocenters. The van der Waals surface area contributed by atoms with E-state index in [2.05, 4.69) is 21.0 Å². The van der Waals surface area contributed by atoms with Crippen LogP contribution in [-0.2, 0) is 4.74 Å². The molecule has 0 saturated heterocycles. The first kappa shape index (κ1) is 31.9. The van der Waals surface area contributed by atoms with Crippen LogP contribution < -0.4 is 17.0 Å². The Bertz CT molecular complexity index is 319. The van der Waals surface area contributed by atoms with Crippen LogP contribution in [0.4, 0.5) is 0 Å². The van der Waals surface area contributed by atoms with Gasteiger partial charge in [-0.05, 0) is 12.2 Å². The highest BCUT2D eigenvalue weighted by molar-refractivity contribution is 7.99. The summed E-state index contributed by atoms with van der Waals surface area (Å²) in [5.41, 5.74) is 0. The molecular weight excluding hydrogens is 446 g/mol. The molecule has 178 valence electrons. The van der Waals surface area contributed by atoms with Crippen molar-refractivity contribution < 1.29 is 31.3 Å². The highest BCUT2D eigenvalue weighted by Crippen LogP contribution is 2.15. The van der Waals surface area contributed by atoms with E-state index in [1.54, 1.807) is 0 Å². The van der Waals surface area contributed by atoms with Crippen LogP contribution in [0.15, 0.2) is 0 Å². The summed E-state index contributed by atoms with van der Waals surface area (Å²) in [5.74, 6) is 2.33. The predicted molar refractivity (Wildman–Crippen MR) is 127 cm³/mol. The fourth-order valence-electron chi connectivity index (χ4n) is 3.72. The monoisotopic (exact) mass is 497 g/mol. The summed E-state index contributed by atoms with van der Waals surface area (Å²) in [6.07, 6.45) is 20.2. The van der Waals surface area contributed by atoms with E-state index in [0.29, 0.717) is 0 Å². The fourth-order valence-corrected chi connectivity index (χ4v) is 4.80. The minimum atomic E-state index is 0. The molecule has 0 aromatic rings. The van der Waals surface area contributed by atoms with Crippen LogP contribution >= 0.6 is 11.8 Å². The lowest BCUT2D eigenvalue weighted by atomic mass is 10.0. The molecule has 0 aromatic heterocycles. The van der Waals surface area contributed by atoms with Crippen molar-refractivity contribution in [2.45, 2.75) is 103 Å². The fraction of sp³-hybridized carbons (Fsp3) is 1.00. The molecule has 0 rings (SSSR count). The number of nitrogens with zero attached hydrogens (tertiary/aromatic N) is 1. The SMILES string of the molecule is CCCCCCCCCCCCCCCCSCC(C[N+](C)(C)CCO)OC.[Br-]. The Morgan fingerprint density at radius 2 is 1.24 bits per heavy atom. The number of quaternary nitrogens is 1. The van der Waals surface area contributed by atoms with E-state index >= 15 is 0 Å². The first-order chi connectivity index (χ1) is 13.6. The Balaban J connectivity index is 0. The predicted octanol–water partition coefficient (Wildman–Crippen LogP) is 3.29. The van der Waals surface area contributed by atoms with Gasteiger partial charge in [0.25, 0.3) is 0 Å². The van der Waals surface area contributed by atoms with Crippen molar-refractivity contribution in [3.8, 4) is 0 Å². The van der Waals surface area contributed by atoms with Crippen molar-refractivity contribution in [1.29, 1.82) is 0 Å². The van der Waals surface area contributed by atoms with Crippen LogP contribution in [0.1, 0.15) is 96.8 Å². The first-order valence-corrected chi connectivity index (χ1v) is 13.2. The zero-order valence-electron chi connectivity index (χ0n) is 20.1. The number of aliphatic hydroxyl groups is 1. The van der Waals surface area contributed by atoms with Gasteiger partial charge in [0, 0.05) is 12.9 Å². The maximum atomic E-state index is 9.15. The summed E-state index contributed by atoms with van der Waals surface area (Å²) in [7, 11) is 6.15. The van der Waals surface area contributed by atoms with Gasteiger partial charge >= 0.3 is 0 Å². The van der Waals surface area contributed by atoms with E-state index in [-0.39, 0.29) is 29.7 Å². The largest absolute Gasteiger partial charge is 1.00 e. The minimum Gasteiger partial charge on any atom is -1.00 e. The average molecular weight is 499 g/mol. The molecule has 0 aliphatic heterocycles. The molecule has 0 aromatic carbocycles. The third kappa shape index (κ3) is 23.2. The smallest absolute Gasteiger partial charge is 0.115 e. The quantitative estimate of drug-likeness (QED) is 0.184. The standard InChI is InChI=1S/C24H52NO2S.BrH/c1-5-6-7-8-9-10-11-12-13-14-15-16-17-18-21-28-23-24(27-4)22-25(2,3)19-20-26;/h24,26H,5-23H2,1-4H3;1H/q+1;/p-1. The number of halogens is 1. The van der Waals surface area contributed by atoms with Crippen molar-refractivity contribution in [1.82, 2.24) is 0 Å². The van der Waals surface area contributed by atoms with Gasteiger partial charge in [-0.25, -0.2) is 0 Å². The van der Waals surface area contributed by atoms with Crippen LogP contribution in [-0.4, -0.2) is 68.1 Å². The lowest BCUT2D eigenvalue weighted by Crippen LogP contribution is -3.00. The van der Waals surface area contributed by atoms with Gasteiger partial charge in [-0.15, -0.1) is 0 Å². The van der Waals surface area contributed by atoms with Gasteiger partial charge in [0.15, 0.2) is 0 Å². The maximum absolute atomic E-state index is 9.15. The zero-order valence-corrected chi connectivity index (χ0v) is 22.5. The van der Waals surface area contributed by atoms with Gasteiger partial charge < -0.3 is 31.3 Å². The molecule has 3 nitrogen and oxygen atoms in total.